The van der Waals surface area contributed by atoms with Crippen molar-refractivity contribution in [3.8, 4) is 0 Å². The molecule has 2 saturated heterocycles. The molecule has 206 valence electrons. The van der Waals surface area contributed by atoms with Crippen molar-refractivity contribution in [2.45, 2.75) is 63.8 Å². The lowest BCUT2D eigenvalue weighted by Crippen LogP contribution is -2.52. The van der Waals surface area contributed by atoms with E-state index in [9.17, 15) is 23.5 Å². The van der Waals surface area contributed by atoms with Gasteiger partial charge in [-0.2, -0.15) is 0 Å². The Morgan fingerprint density at radius 2 is 1.87 bits per heavy atom. The van der Waals surface area contributed by atoms with Crippen LogP contribution in [0, 0.1) is 24.5 Å². The third kappa shape index (κ3) is 6.76. The lowest BCUT2D eigenvalue weighted by atomic mass is 9.93. The number of carbonyl (C=O) groups is 2. The van der Waals surface area contributed by atoms with E-state index < -0.39 is 29.7 Å². The summed E-state index contributed by atoms with van der Waals surface area (Å²) in [5.74, 6) is -1.70. The van der Waals surface area contributed by atoms with E-state index >= 15 is 0 Å². The molecule has 2 aromatic carbocycles. The van der Waals surface area contributed by atoms with Crippen molar-refractivity contribution in [2.75, 3.05) is 26.8 Å². The first-order chi connectivity index (χ1) is 18.1. The number of halogens is 2. The van der Waals surface area contributed by atoms with Gasteiger partial charge in [0.25, 0.3) is 11.8 Å². The number of carbonyl (C=O) groups excluding carboxylic acids is 2. The molecule has 0 bridgehead atoms. The van der Waals surface area contributed by atoms with Crippen LogP contribution in [0.5, 0.6) is 0 Å². The summed E-state index contributed by atoms with van der Waals surface area (Å²) in [6.07, 6.45) is 1.53. The standard InChI is InChI=1S/C29H37F2N3O4/c1-17-7-20(13-21(8-17)29(37)34-6-4-5-24(34)16-38-3)28(36)33-26(27(35)25-9-18(2)15-32-25)12-19-10-22(30)14-23(31)11-19/h7-8,10-11,13-14,18,24-27,32,35H,4-6,9,12,15-16H2,1-3H3,(H,33,36)/t18-,24-,25-,26+,27-/m1/s1. The molecule has 0 unspecified atom stereocenters. The van der Waals surface area contributed by atoms with E-state index in [1.54, 1.807) is 30.2 Å². The van der Waals surface area contributed by atoms with Gasteiger partial charge in [-0.15, -0.1) is 0 Å². The van der Waals surface area contributed by atoms with Crippen molar-refractivity contribution in [3.63, 3.8) is 0 Å². The average molecular weight is 530 g/mol. The van der Waals surface area contributed by atoms with Crippen LogP contribution in [0.15, 0.2) is 36.4 Å². The number of benzene rings is 2. The SMILES string of the molecule is COC[C@H]1CCCN1C(=O)c1cc(C)cc(C(=O)N[C@@H](Cc2cc(F)cc(F)c2)[C@H](O)[C@H]2C[C@@H](C)CN2)c1. The van der Waals surface area contributed by atoms with Crippen LogP contribution in [0.1, 0.15) is 58.0 Å². The van der Waals surface area contributed by atoms with Gasteiger partial charge in [-0.25, -0.2) is 8.78 Å². The average Bonchev–Trinajstić information content (AvgIpc) is 3.51. The van der Waals surface area contributed by atoms with Gasteiger partial charge in [-0.05, 0) is 86.5 Å². The zero-order valence-electron chi connectivity index (χ0n) is 22.2. The minimum Gasteiger partial charge on any atom is -0.389 e. The van der Waals surface area contributed by atoms with Crippen LogP contribution >= 0.6 is 0 Å². The number of aryl methyl sites for hydroxylation is 1. The number of ether oxygens (including phenoxy) is 1. The zero-order chi connectivity index (χ0) is 27.4. The number of rotatable bonds is 9. The van der Waals surface area contributed by atoms with E-state index in [1.165, 1.54) is 12.1 Å². The Labute approximate surface area is 222 Å². The Kier molecular flexibility index (Phi) is 9.12. The molecule has 2 fully saturated rings. The summed E-state index contributed by atoms with van der Waals surface area (Å²) in [5, 5.41) is 17.4. The predicted octanol–water partition coefficient (Wildman–Crippen LogP) is 3.22. The summed E-state index contributed by atoms with van der Waals surface area (Å²) >= 11 is 0. The molecule has 3 N–H and O–H groups in total. The fourth-order valence-corrected chi connectivity index (χ4v) is 5.66. The van der Waals surface area contributed by atoms with E-state index in [0.29, 0.717) is 36.6 Å². The molecule has 0 radical (unpaired) electrons. The highest BCUT2D eigenvalue weighted by Crippen LogP contribution is 2.23. The van der Waals surface area contributed by atoms with Crippen LogP contribution in [0.25, 0.3) is 0 Å². The van der Waals surface area contributed by atoms with Crippen molar-refractivity contribution in [1.29, 1.82) is 0 Å². The number of amides is 2. The summed E-state index contributed by atoms with van der Waals surface area (Å²) in [7, 11) is 1.61. The quantitative estimate of drug-likeness (QED) is 0.464. The second kappa shape index (κ2) is 12.3. The van der Waals surface area contributed by atoms with Crippen LogP contribution in [-0.4, -0.2) is 72.9 Å². The van der Waals surface area contributed by atoms with Gasteiger partial charge in [0.05, 0.1) is 24.8 Å². The fourth-order valence-electron chi connectivity index (χ4n) is 5.66. The van der Waals surface area contributed by atoms with Crippen molar-refractivity contribution >= 4 is 11.8 Å². The molecule has 7 nitrogen and oxygen atoms in total. The summed E-state index contributed by atoms with van der Waals surface area (Å²) in [6.45, 7) is 5.71. The van der Waals surface area contributed by atoms with Gasteiger partial charge >= 0.3 is 0 Å². The van der Waals surface area contributed by atoms with E-state index in [1.807, 2.05) is 6.92 Å². The number of hydrogen-bond donors (Lipinski definition) is 3. The molecule has 4 rings (SSSR count). The largest absolute Gasteiger partial charge is 0.389 e. The third-order valence-corrected chi connectivity index (χ3v) is 7.49. The first kappa shape index (κ1) is 28.1. The maximum absolute atomic E-state index is 13.9. The Morgan fingerprint density at radius 1 is 1.16 bits per heavy atom. The minimum atomic E-state index is -0.986. The lowest BCUT2D eigenvalue weighted by molar-refractivity contribution is 0.0630. The van der Waals surface area contributed by atoms with Gasteiger partial charge < -0.3 is 25.4 Å². The molecule has 5 atom stereocenters. The van der Waals surface area contributed by atoms with Crippen LogP contribution in [0.3, 0.4) is 0 Å². The van der Waals surface area contributed by atoms with Gasteiger partial charge in [0.1, 0.15) is 11.6 Å². The highest BCUT2D eigenvalue weighted by Gasteiger charge is 2.34. The molecule has 2 heterocycles. The number of nitrogens with zero attached hydrogens (tertiary/aromatic N) is 1. The Hall–Kier alpha value is -2.88. The number of aliphatic hydroxyl groups excluding tert-OH is 1. The molecule has 0 aliphatic carbocycles. The van der Waals surface area contributed by atoms with Gasteiger partial charge in [0.2, 0.25) is 0 Å². The van der Waals surface area contributed by atoms with Crippen molar-refractivity contribution < 1.29 is 28.2 Å². The Bertz CT molecular complexity index is 1140. The minimum absolute atomic E-state index is 0.00205. The topological polar surface area (TPSA) is 90.9 Å². The molecule has 2 aliphatic rings. The van der Waals surface area contributed by atoms with Gasteiger partial charge in [0, 0.05) is 36.9 Å². The summed E-state index contributed by atoms with van der Waals surface area (Å²) in [5.41, 5.74) is 1.77. The molecule has 38 heavy (non-hydrogen) atoms. The summed E-state index contributed by atoms with van der Waals surface area (Å²) in [6, 6.07) is 7.12. The van der Waals surface area contributed by atoms with E-state index in [-0.39, 0.29) is 30.0 Å². The maximum Gasteiger partial charge on any atom is 0.254 e. The predicted molar refractivity (Wildman–Crippen MR) is 140 cm³/mol. The van der Waals surface area contributed by atoms with Gasteiger partial charge in [-0.3, -0.25) is 9.59 Å². The number of nitrogens with one attached hydrogen (secondary N) is 2. The molecule has 9 heteroatoms. The molecule has 2 aromatic rings. The number of hydrogen-bond acceptors (Lipinski definition) is 5. The maximum atomic E-state index is 13.9. The molecule has 0 saturated carbocycles. The van der Waals surface area contributed by atoms with E-state index in [4.69, 9.17) is 4.74 Å². The second-order valence-corrected chi connectivity index (χ2v) is 10.7. The lowest BCUT2D eigenvalue weighted by Gasteiger charge is -2.29. The van der Waals surface area contributed by atoms with Gasteiger partial charge in [-0.1, -0.05) is 6.92 Å². The van der Waals surface area contributed by atoms with Crippen LogP contribution in [0.2, 0.25) is 0 Å². The molecular weight excluding hydrogens is 492 g/mol. The Morgan fingerprint density at radius 3 is 2.53 bits per heavy atom. The van der Waals surface area contributed by atoms with Gasteiger partial charge in [0.15, 0.2) is 0 Å². The first-order valence-electron chi connectivity index (χ1n) is 13.2. The molecule has 0 aromatic heterocycles. The van der Waals surface area contributed by atoms with E-state index in [0.717, 1.165) is 31.0 Å². The number of likely N-dealkylation sites (tertiary alicyclic amines) is 1. The molecular formula is C29H37F2N3O4. The zero-order valence-corrected chi connectivity index (χ0v) is 22.2. The molecule has 2 amide bonds. The molecule has 0 spiro atoms. The molecule has 2 aliphatic heterocycles. The van der Waals surface area contributed by atoms with Crippen LogP contribution in [-0.2, 0) is 11.2 Å². The summed E-state index contributed by atoms with van der Waals surface area (Å²) in [4.78, 5) is 28.6. The van der Waals surface area contributed by atoms with E-state index in [2.05, 4.69) is 17.6 Å². The Balaban J connectivity index is 1.56. The smallest absolute Gasteiger partial charge is 0.254 e. The highest BCUT2D eigenvalue weighted by molar-refractivity contribution is 6.00. The van der Waals surface area contributed by atoms with Crippen molar-refractivity contribution in [3.05, 3.63) is 70.3 Å². The number of methoxy groups -OCH3 is 1. The van der Waals surface area contributed by atoms with Crippen molar-refractivity contribution in [1.82, 2.24) is 15.5 Å². The van der Waals surface area contributed by atoms with Crippen molar-refractivity contribution in [2.24, 2.45) is 5.92 Å². The monoisotopic (exact) mass is 529 g/mol. The van der Waals surface area contributed by atoms with Crippen LogP contribution < -0.4 is 10.6 Å². The normalized spacial score (nSPS) is 22.9. The summed E-state index contributed by atoms with van der Waals surface area (Å²) < 4.78 is 33.0. The highest BCUT2D eigenvalue weighted by atomic mass is 19.1. The van der Waals surface area contributed by atoms with Crippen LogP contribution in [0.4, 0.5) is 8.78 Å². The number of aliphatic hydroxyl groups is 1. The fraction of sp³-hybridized carbons (Fsp3) is 0.517. The first-order valence-corrected chi connectivity index (χ1v) is 13.2. The second-order valence-electron chi connectivity index (χ2n) is 10.7. The third-order valence-electron chi connectivity index (χ3n) is 7.49.